The zero-order valence-electron chi connectivity index (χ0n) is 8.56. The van der Waals surface area contributed by atoms with Gasteiger partial charge in [-0.25, -0.2) is 4.79 Å². The van der Waals surface area contributed by atoms with Gasteiger partial charge in [0.25, 0.3) is 0 Å². The second kappa shape index (κ2) is 5.97. The maximum Gasteiger partial charge on any atom is 0.330 e. The highest BCUT2D eigenvalue weighted by Gasteiger charge is 2.27. The number of aliphatic hydroxyl groups excluding tert-OH is 1. The van der Waals surface area contributed by atoms with Crippen LogP contribution in [0.2, 0.25) is 0 Å². The number of hydrogen-bond acceptors (Lipinski definition) is 5. The fraction of sp³-hybridized carbons (Fsp3) is 0.778. The maximum atomic E-state index is 11.6. The van der Waals surface area contributed by atoms with Crippen molar-refractivity contribution >= 4 is 23.6 Å². The minimum atomic E-state index is -0.941. The van der Waals surface area contributed by atoms with Crippen LogP contribution in [0.3, 0.4) is 0 Å². The lowest BCUT2D eigenvalue weighted by Gasteiger charge is -2.16. The highest BCUT2D eigenvalue weighted by molar-refractivity contribution is 8.00. The highest BCUT2D eigenvalue weighted by Crippen LogP contribution is 2.26. The molecule has 1 aliphatic rings. The van der Waals surface area contributed by atoms with Crippen molar-refractivity contribution in [2.75, 3.05) is 19.5 Å². The number of nitrogens with one attached hydrogen (secondary N) is 1. The first-order valence-electron chi connectivity index (χ1n) is 4.79. The third-order valence-electron chi connectivity index (χ3n) is 2.21. The van der Waals surface area contributed by atoms with Gasteiger partial charge in [0.1, 0.15) is 0 Å². The number of esters is 1. The normalized spacial score (nSPS) is 22.1. The lowest BCUT2D eigenvalue weighted by molar-refractivity contribution is -0.146. The van der Waals surface area contributed by atoms with Crippen LogP contribution in [0.1, 0.15) is 12.8 Å². The zero-order chi connectivity index (χ0) is 11.3. The molecule has 0 radical (unpaired) electrons. The standard InChI is InChI=1S/C9H15NO4S/c1-14-9(13)6(5-11)10-8(12)7-3-2-4-15-7/h6-7,11H,2-5H2,1H3,(H,10,12). The molecule has 6 heteroatoms. The zero-order valence-corrected chi connectivity index (χ0v) is 9.38. The van der Waals surface area contributed by atoms with Crippen LogP contribution in [0.5, 0.6) is 0 Å². The Kier molecular flexibility index (Phi) is 4.90. The number of methoxy groups -OCH3 is 1. The van der Waals surface area contributed by atoms with Crippen molar-refractivity contribution in [1.82, 2.24) is 5.32 Å². The minimum absolute atomic E-state index is 0.0938. The Balaban J connectivity index is 2.43. The van der Waals surface area contributed by atoms with E-state index in [1.807, 2.05) is 0 Å². The maximum absolute atomic E-state index is 11.6. The quantitative estimate of drug-likeness (QED) is 0.642. The molecule has 1 rings (SSSR count). The predicted octanol–water partition coefficient (Wildman–Crippen LogP) is -0.468. The van der Waals surface area contributed by atoms with Gasteiger partial charge in [0.05, 0.1) is 19.0 Å². The molecular formula is C9H15NO4S. The number of thioether (sulfide) groups is 1. The largest absolute Gasteiger partial charge is 0.467 e. The van der Waals surface area contributed by atoms with Gasteiger partial charge in [0.15, 0.2) is 6.04 Å². The van der Waals surface area contributed by atoms with Crippen molar-refractivity contribution in [3.8, 4) is 0 Å². The summed E-state index contributed by atoms with van der Waals surface area (Å²) in [6.45, 7) is -0.435. The van der Waals surface area contributed by atoms with Gasteiger partial charge in [-0.3, -0.25) is 4.79 Å². The number of aliphatic hydroxyl groups is 1. The van der Waals surface area contributed by atoms with E-state index in [2.05, 4.69) is 10.1 Å². The number of ether oxygens (including phenoxy) is 1. The Bertz CT molecular complexity index is 240. The Morgan fingerprint density at radius 2 is 2.40 bits per heavy atom. The second-order valence-electron chi connectivity index (χ2n) is 3.27. The summed E-state index contributed by atoms with van der Waals surface area (Å²) in [6.07, 6.45) is 1.85. The highest BCUT2D eigenvalue weighted by atomic mass is 32.2. The number of hydrogen-bond donors (Lipinski definition) is 2. The molecule has 0 aliphatic carbocycles. The third kappa shape index (κ3) is 3.39. The monoisotopic (exact) mass is 233 g/mol. The van der Waals surface area contributed by atoms with E-state index in [4.69, 9.17) is 5.11 Å². The smallest absolute Gasteiger partial charge is 0.330 e. The molecule has 2 N–H and O–H groups in total. The van der Waals surface area contributed by atoms with E-state index >= 15 is 0 Å². The first-order chi connectivity index (χ1) is 7.19. The predicted molar refractivity (Wildman–Crippen MR) is 56.5 cm³/mol. The van der Waals surface area contributed by atoms with Crippen LogP contribution in [0.4, 0.5) is 0 Å². The van der Waals surface area contributed by atoms with Gasteiger partial charge >= 0.3 is 5.97 Å². The van der Waals surface area contributed by atoms with Crippen molar-refractivity contribution in [3.05, 3.63) is 0 Å². The summed E-state index contributed by atoms with van der Waals surface area (Å²) < 4.78 is 4.45. The van der Waals surface area contributed by atoms with Gasteiger partial charge in [-0.1, -0.05) is 0 Å². The second-order valence-corrected chi connectivity index (χ2v) is 4.58. The Morgan fingerprint density at radius 1 is 1.67 bits per heavy atom. The van der Waals surface area contributed by atoms with E-state index < -0.39 is 18.6 Å². The summed E-state index contributed by atoms with van der Waals surface area (Å²) in [4.78, 5) is 22.7. The summed E-state index contributed by atoms with van der Waals surface area (Å²) >= 11 is 1.58. The van der Waals surface area contributed by atoms with E-state index in [-0.39, 0.29) is 11.2 Å². The van der Waals surface area contributed by atoms with Crippen LogP contribution >= 0.6 is 11.8 Å². The molecule has 15 heavy (non-hydrogen) atoms. The molecule has 0 bridgehead atoms. The van der Waals surface area contributed by atoms with Crippen LogP contribution in [0, 0.1) is 0 Å². The van der Waals surface area contributed by atoms with E-state index in [1.165, 1.54) is 7.11 Å². The SMILES string of the molecule is COC(=O)C(CO)NC(=O)C1CCCS1. The molecule has 0 saturated carbocycles. The van der Waals surface area contributed by atoms with Crippen LogP contribution in [0.15, 0.2) is 0 Å². The summed E-state index contributed by atoms with van der Waals surface area (Å²) in [6, 6.07) is -0.941. The average Bonchev–Trinajstić information content (AvgIpc) is 2.77. The minimum Gasteiger partial charge on any atom is -0.467 e. The fourth-order valence-electron chi connectivity index (χ4n) is 1.37. The van der Waals surface area contributed by atoms with E-state index in [0.29, 0.717) is 0 Å². The Morgan fingerprint density at radius 3 is 2.87 bits per heavy atom. The topological polar surface area (TPSA) is 75.6 Å². The van der Waals surface area contributed by atoms with Crippen molar-refractivity contribution in [2.45, 2.75) is 24.1 Å². The van der Waals surface area contributed by atoms with Gasteiger partial charge in [-0.05, 0) is 18.6 Å². The van der Waals surface area contributed by atoms with Gasteiger partial charge in [-0.15, -0.1) is 11.8 Å². The van der Waals surface area contributed by atoms with E-state index in [9.17, 15) is 9.59 Å². The van der Waals surface area contributed by atoms with Crippen molar-refractivity contribution in [1.29, 1.82) is 0 Å². The molecule has 1 heterocycles. The van der Waals surface area contributed by atoms with Gasteiger partial charge in [0, 0.05) is 0 Å². The molecule has 1 fully saturated rings. The first-order valence-corrected chi connectivity index (χ1v) is 5.84. The summed E-state index contributed by atoms with van der Waals surface area (Å²) in [5.41, 5.74) is 0. The first kappa shape index (κ1) is 12.3. The summed E-state index contributed by atoms with van der Waals surface area (Å²) in [5, 5.41) is 11.3. The lowest BCUT2D eigenvalue weighted by atomic mass is 10.2. The van der Waals surface area contributed by atoms with Crippen molar-refractivity contribution in [3.63, 3.8) is 0 Å². The van der Waals surface area contributed by atoms with E-state index in [0.717, 1.165) is 18.6 Å². The Hall–Kier alpha value is -0.750. The Labute approximate surface area is 92.6 Å². The number of carbonyl (C=O) groups is 2. The third-order valence-corrected chi connectivity index (χ3v) is 3.58. The lowest BCUT2D eigenvalue weighted by Crippen LogP contribution is -2.46. The molecular weight excluding hydrogens is 218 g/mol. The molecule has 1 aliphatic heterocycles. The van der Waals surface area contributed by atoms with Crippen LogP contribution in [0.25, 0.3) is 0 Å². The molecule has 1 amide bonds. The molecule has 5 nitrogen and oxygen atoms in total. The van der Waals surface area contributed by atoms with Gasteiger partial charge in [0.2, 0.25) is 5.91 Å². The van der Waals surface area contributed by atoms with Crippen molar-refractivity contribution < 1.29 is 19.4 Å². The van der Waals surface area contributed by atoms with Crippen LogP contribution in [-0.2, 0) is 14.3 Å². The summed E-state index contributed by atoms with van der Waals surface area (Å²) in [7, 11) is 1.22. The molecule has 2 atom stereocenters. The molecule has 0 aromatic carbocycles. The average molecular weight is 233 g/mol. The van der Waals surface area contributed by atoms with E-state index in [1.54, 1.807) is 11.8 Å². The molecule has 2 unspecified atom stereocenters. The number of amides is 1. The molecule has 86 valence electrons. The number of rotatable bonds is 4. The van der Waals surface area contributed by atoms with Crippen LogP contribution < -0.4 is 5.32 Å². The fourth-order valence-corrected chi connectivity index (χ4v) is 2.54. The molecule has 0 spiro atoms. The molecule has 0 aromatic heterocycles. The molecule has 0 aromatic rings. The van der Waals surface area contributed by atoms with Gasteiger partial charge < -0.3 is 15.2 Å². The summed E-state index contributed by atoms with van der Waals surface area (Å²) in [5.74, 6) is 0.163. The molecule has 1 saturated heterocycles. The van der Waals surface area contributed by atoms with Crippen molar-refractivity contribution in [2.24, 2.45) is 0 Å². The van der Waals surface area contributed by atoms with Crippen LogP contribution in [-0.4, -0.2) is 47.7 Å². The van der Waals surface area contributed by atoms with Gasteiger partial charge in [-0.2, -0.15) is 0 Å². The number of carbonyl (C=O) groups excluding carboxylic acids is 2.